The standard InChI is InChI=1S/C50H62N5O9P/c1-7-41(42-22-25-47(55(30-36(2)3)31-37(4)5)45(27-42)54-49(57)53-44-23-20-38(6)21-24-44)28-48(56)60-35-61-50(58)52-29-46-43(19-14-26-51-46)34-64-65(59,62-32-39-15-10-8-11-16-39)63-33-40-17-12-9-13-18-40/h8-27,36-37,41H,7,28-35H2,1-6H3,(H,52,58)(H2,53,54,57)/t41-/m0/s1. The van der Waals surface area contributed by atoms with Crippen LogP contribution in [0.4, 0.5) is 26.7 Å². The van der Waals surface area contributed by atoms with E-state index >= 15 is 0 Å². The minimum absolute atomic E-state index is 0.000828. The quantitative estimate of drug-likeness (QED) is 0.0306. The van der Waals surface area contributed by atoms with Crippen molar-refractivity contribution in [3.05, 3.63) is 155 Å². The Labute approximate surface area is 383 Å². The van der Waals surface area contributed by atoms with E-state index in [2.05, 4.69) is 53.5 Å². The van der Waals surface area contributed by atoms with E-state index in [1.54, 1.807) is 18.3 Å². The number of anilines is 3. The molecule has 1 heterocycles. The zero-order valence-electron chi connectivity index (χ0n) is 38.2. The lowest BCUT2D eigenvalue weighted by Crippen LogP contribution is -2.32. The number of aromatic nitrogens is 1. The first-order valence-corrected chi connectivity index (χ1v) is 23.4. The average molecular weight is 908 g/mol. The molecule has 3 amide bonds. The first-order valence-electron chi connectivity index (χ1n) is 21.9. The number of hydrogen-bond acceptors (Lipinski definition) is 11. The van der Waals surface area contributed by atoms with Crippen LogP contribution in [0.25, 0.3) is 0 Å². The van der Waals surface area contributed by atoms with Crippen molar-refractivity contribution in [2.24, 2.45) is 11.8 Å². The SMILES string of the molecule is CC[C@@H](CC(=O)OCOC(=O)NCc1ncccc1COP(=O)(OCc1ccccc1)OCc1ccccc1)c1ccc(N(CC(C)C)CC(C)C)c(NC(=O)Nc2ccc(C)cc2)c1. The van der Waals surface area contributed by atoms with Gasteiger partial charge in [-0.25, -0.2) is 14.2 Å². The largest absolute Gasteiger partial charge is 0.475 e. The minimum atomic E-state index is -4.08. The number of aryl methyl sites for hydroxylation is 1. The number of nitrogens with one attached hydrogen (secondary N) is 3. The summed E-state index contributed by atoms with van der Waals surface area (Å²) in [6, 6.07) is 35.0. The Balaban J connectivity index is 1.16. The Morgan fingerprint density at radius 2 is 1.34 bits per heavy atom. The molecule has 14 nitrogen and oxygen atoms in total. The van der Waals surface area contributed by atoms with Crippen LogP contribution in [0.1, 0.15) is 86.9 Å². The van der Waals surface area contributed by atoms with Gasteiger partial charge >= 0.3 is 25.9 Å². The van der Waals surface area contributed by atoms with Gasteiger partial charge in [0.25, 0.3) is 0 Å². The maximum absolute atomic E-state index is 13.8. The molecule has 5 aromatic rings. The Hall–Kier alpha value is -6.05. The second-order valence-electron chi connectivity index (χ2n) is 16.5. The van der Waals surface area contributed by atoms with E-state index in [9.17, 15) is 18.9 Å². The summed E-state index contributed by atoms with van der Waals surface area (Å²) in [5.41, 5.74) is 6.66. The highest BCUT2D eigenvalue weighted by molar-refractivity contribution is 7.48. The molecule has 0 unspecified atom stereocenters. The molecule has 15 heteroatoms. The molecule has 1 aromatic heterocycles. The summed E-state index contributed by atoms with van der Waals surface area (Å²) in [5.74, 6) is -0.0522. The van der Waals surface area contributed by atoms with E-state index in [4.69, 9.17) is 23.0 Å². The number of carbonyl (C=O) groups is 3. The molecule has 0 bridgehead atoms. The fraction of sp³-hybridized carbons (Fsp3) is 0.360. The molecule has 5 rings (SSSR count). The molecule has 0 saturated carbocycles. The van der Waals surface area contributed by atoms with Crippen LogP contribution in [0.5, 0.6) is 0 Å². The van der Waals surface area contributed by atoms with E-state index in [0.29, 0.717) is 40.9 Å². The average Bonchev–Trinajstić information content (AvgIpc) is 3.29. The summed E-state index contributed by atoms with van der Waals surface area (Å²) in [7, 11) is -4.08. The Kier molecular flexibility index (Phi) is 19.6. The molecule has 0 aliphatic rings. The van der Waals surface area contributed by atoms with Crippen molar-refractivity contribution in [3.63, 3.8) is 0 Å². The second kappa shape index (κ2) is 25.4. The number of rotatable bonds is 24. The van der Waals surface area contributed by atoms with Gasteiger partial charge < -0.3 is 30.3 Å². The van der Waals surface area contributed by atoms with Crippen LogP contribution in [0.15, 0.2) is 121 Å². The lowest BCUT2D eigenvalue weighted by atomic mass is 9.92. The molecule has 0 saturated heterocycles. The van der Waals surface area contributed by atoms with Crippen LogP contribution in [0, 0.1) is 18.8 Å². The van der Waals surface area contributed by atoms with Crippen LogP contribution in [-0.4, -0.2) is 43.0 Å². The maximum atomic E-state index is 13.8. The number of benzene rings is 4. The number of alkyl carbamates (subject to hydrolysis) is 1. The molecule has 65 heavy (non-hydrogen) atoms. The summed E-state index contributed by atoms with van der Waals surface area (Å²) >= 11 is 0. The van der Waals surface area contributed by atoms with E-state index in [-0.39, 0.29) is 44.7 Å². The number of amides is 3. The molecule has 0 aliphatic heterocycles. The number of pyridine rings is 1. The van der Waals surface area contributed by atoms with Gasteiger partial charge in [0.05, 0.1) is 49.9 Å². The van der Waals surface area contributed by atoms with Crippen LogP contribution >= 0.6 is 7.82 Å². The van der Waals surface area contributed by atoms with E-state index in [1.165, 1.54) is 0 Å². The third-order valence-electron chi connectivity index (χ3n) is 10.1. The number of ether oxygens (including phenoxy) is 2. The normalized spacial score (nSPS) is 11.8. The second-order valence-corrected chi connectivity index (χ2v) is 18.2. The van der Waals surface area contributed by atoms with Gasteiger partial charge in [-0.3, -0.25) is 23.3 Å². The monoisotopic (exact) mass is 907 g/mol. The number of phosphoric acid groups is 1. The van der Waals surface area contributed by atoms with Gasteiger partial charge in [-0.15, -0.1) is 0 Å². The minimum Gasteiger partial charge on any atom is -0.428 e. The van der Waals surface area contributed by atoms with Crippen LogP contribution in [-0.2, 0) is 58.8 Å². The molecule has 0 fully saturated rings. The lowest BCUT2D eigenvalue weighted by Gasteiger charge is -2.31. The van der Waals surface area contributed by atoms with Gasteiger partial charge in [0, 0.05) is 30.5 Å². The van der Waals surface area contributed by atoms with Gasteiger partial charge in [0.15, 0.2) is 0 Å². The van der Waals surface area contributed by atoms with Crippen molar-refractivity contribution >= 4 is 43.0 Å². The molecular formula is C50H62N5O9P. The fourth-order valence-electron chi connectivity index (χ4n) is 6.85. The number of phosphoric ester groups is 1. The predicted octanol–water partition coefficient (Wildman–Crippen LogP) is 11.5. The van der Waals surface area contributed by atoms with Gasteiger partial charge in [-0.1, -0.05) is 125 Å². The van der Waals surface area contributed by atoms with E-state index in [1.807, 2.05) is 117 Å². The summed E-state index contributed by atoms with van der Waals surface area (Å²) < 4.78 is 41.6. The summed E-state index contributed by atoms with van der Waals surface area (Å²) in [6.07, 6.45) is 1.34. The van der Waals surface area contributed by atoms with Crippen molar-refractivity contribution in [3.8, 4) is 0 Å². The zero-order chi connectivity index (χ0) is 46.6. The highest BCUT2D eigenvalue weighted by Crippen LogP contribution is 2.51. The van der Waals surface area contributed by atoms with Gasteiger partial charge in [-0.2, -0.15) is 0 Å². The fourth-order valence-corrected chi connectivity index (χ4v) is 7.98. The molecule has 4 aromatic carbocycles. The van der Waals surface area contributed by atoms with Crippen LogP contribution in [0.2, 0.25) is 0 Å². The summed E-state index contributed by atoms with van der Waals surface area (Å²) in [6.45, 7) is 13.3. The zero-order valence-corrected chi connectivity index (χ0v) is 39.1. The van der Waals surface area contributed by atoms with Crippen molar-refractivity contribution in [1.82, 2.24) is 10.3 Å². The van der Waals surface area contributed by atoms with Crippen LogP contribution < -0.4 is 20.9 Å². The Morgan fingerprint density at radius 3 is 1.94 bits per heavy atom. The number of nitrogens with zero attached hydrogens (tertiary/aromatic N) is 2. The molecule has 346 valence electrons. The summed E-state index contributed by atoms with van der Waals surface area (Å²) in [5, 5.41) is 8.61. The molecule has 0 aliphatic carbocycles. The molecular weight excluding hydrogens is 846 g/mol. The number of esters is 1. The molecule has 3 N–H and O–H groups in total. The Bertz CT molecular complexity index is 2260. The first kappa shape index (κ1) is 50.0. The van der Waals surface area contributed by atoms with Crippen molar-refractivity contribution < 1.29 is 42.0 Å². The number of urea groups is 1. The predicted molar refractivity (Wildman–Crippen MR) is 253 cm³/mol. The highest BCUT2D eigenvalue weighted by Gasteiger charge is 2.28. The van der Waals surface area contributed by atoms with Gasteiger partial charge in [0.1, 0.15) is 0 Å². The van der Waals surface area contributed by atoms with E-state index in [0.717, 1.165) is 41.0 Å². The van der Waals surface area contributed by atoms with Crippen molar-refractivity contribution in [2.75, 3.05) is 35.4 Å². The van der Waals surface area contributed by atoms with Gasteiger partial charge in [-0.05, 0) is 78.1 Å². The molecule has 0 spiro atoms. The van der Waals surface area contributed by atoms with Crippen molar-refractivity contribution in [2.45, 2.75) is 86.7 Å². The molecule has 1 atom stereocenters. The first-order chi connectivity index (χ1) is 31.3. The van der Waals surface area contributed by atoms with E-state index < -0.39 is 26.7 Å². The third kappa shape index (κ3) is 17.1. The van der Waals surface area contributed by atoms with Crippen molar-refractivity contribution in [1.29, 1.82) is 0 Å². The number of hydrogen-bond donors (Lipinski definition) is 3. The van der Waals surface area contributed by atoms with Crippen LogP contribution in [0.3, 0.4) is 0 Å². The van der Waals surface area contributed by atoms with Gasteiger partial charge in [0.2, 0.25) is 6.79 Å². The highest BCUT2D eigenvalue weighted by atomic mass is 31.2. The third-order valence-corrected chi connectivity index (χ3v) is 11.4. The maximum Gasteiger partial charge on any atom is 0.475 e. The number of carbonyl (C=O) groups excluding carboxylic acids is 3. The summed E-state index contributed by atoms with van der Waals surface area (Å²) in [4.78, 5) is 45.8. The molecule has 0 radical (unpaired) electrons. The Morgan fingerprint density at radius 1 is 0.723 bits per heavy atom. The lowest BCUT2D eigenvalue weighted by molar-refractivity contribution is -0.152. The smallest absolute Gasteiger partial charge is 0.428 e. The topological polar surface area (TPSA) is 167 Å².